The summed E-state index contributed by atoms with van der Waals surface area (Å²) in [6.07, 6.45) is 0. The van der Waals surface area contributed by atoms with E-state index in [0.717, 1.165) is 0 Å². The Hall–Kier alpha value is -7.02. The van der Waals surface area contributed by atoms with E-state index < -0.39 is 0 Å². The Kier molecular flexibility index (Phi) is 6.78. The maximum Gasteiger partial charge on any atom is 0.0158 e. The highest BCUT2D eigenvalue weighted by Gasteiger charge is 2.42. The second-order valence-corrected chi connectivity index (χ2v) is 16.3. The molecule has 0 unspecified atom stereocenters. The summed E-state index contributed by atoms with van der Waals surface area (Å²) in [4.78, 5) is 0. The van der Waals surface area contributed by atoms with Crippen LogP contribution in [0.2, 0.25) is 0 Å². The maximum absolute atomic E-state index is 2.53. The molecule has 0 aromatic heterocycles. The van der Waals surface area contributed by atoms with E-state index >= 15 is 0 Å². The van der Waals surface area contributed by atoms with Gasteiger partial charge in [0.1, 0.15) is 0 Å². The van der Waals surface area contributed by atoms with Crippen molar-refractivity contribution in [1.29, 1.82) is 0 Å². The van der Waals surface area contributed by atoms with E-state index in [-0.39, 0.29) is 5.41 Å². The molecule has 0 nitrogen and oxygen atoms in total. The van der Waals surface area contributed by atoms with E-state index in [1.54, 1.807) is 0 Å². The molecule has 0 spiro atoms. The van der Waals surface area contributed by atoms with E-state index in [4.69, 9.17) is 0 Å². The SMILES string of the molecule is CC1(C)c2ccccc2-c2cc(C3=C4C(=C(c5ccccc5)c5cc6c7ccccc7c7ccccc7c6cc54)C(c4ccccc4)=C3c3ccccc3)ccc21. The molecule has 3 aliphatic carbocycles. The van der Waals surface area contributed by atoms with Gasteiger partial charge in [0, 0.05) is 5.41 Å². The van der Waals surface area contributed by atoms with E-state index in [0.29, 0.717) is 0 Å². The lowest BCUT2D eigenvalue weighted by atomic mass is 9.81. The van der Waals surface area contributed by atoms with Gasteiger partial charge in [0.2, 0.25) is 0 Å². The largest absolute Gasteiger partial charge is 0.0622 e. The van der Waals surface area contributed by atoms with Crippen LogP contribution in [-0.4, -0.2) is 0 Å². The zero-order chi connectivity index (χ0) is 37.8. The van der Waals surface area contributed by atoms with Gasteiger partial charge in [-0.05, 0) is 140 Å². The fourth-order valence-electron chi connectivity index (χ4n) is 10.5. The standard InChI is InChI=1S/C57H38/c1-57(2)49-29-17-16-28-43(49)46-32-38(30-31-50(46)57)54-52(36-20-8-4-9-21-36)53(37-22-10-5-11-23-37)56-51(35-18-6-3-7-19-35)47-33-44-41-26-14-12-24-39(41)40-25-13-15-27-42(40)45(44)34-48(47)55(54)56/h3-34H,1-2H3. The molecule has 0 fully saturated rings. The third kappa shape index (κ3) is 4.50. The van der Waals surface area contributed by atoms with E-state index in [1.807, 2.05) is 0 Å². The molecule has 0 saturated heterocycles. The number of hydrogen-bond acceptors (Lipinski definition) is 0. The molecule has 0 heteroatoms. The van der Waals surface area contributed by atoms with Gasteiger partial charge in [-0.15, -0.1) is 0 Å². The summed E-state index contributed by atoms with van der Waals surface area (Å²) in [5.41, 5.74) is 20.8. The first kappa shape index (κ1) is 32.2. The lowest BCUT2D eigenvalue weighted by Gasteiger charge is -2.22. The van der Waals surface area contributed by atoms with Crippen molar-refractivity contribution >= 4 is 60.2 Å². The monoisotopic (exact) mass is 722 g/mol. The van der Waals surface area contributed by atoms with Crippen LogP contribution in [0.4, 0.5) is 0 Å². The number of hydrogen-bond donors (Lipinski definition) is 0. The maximum atomic E-state index is 2.53. The van der Waals surface area contributed by atoms with E-state index in [1.165, 1.54) is 121 Å². The van der Waals surface area contributed by atoms with Crippen molar-refractivity contribution in [3.05, 3.63) is 244 Å². The van der Waals surface area contributed by atoms with Crippen molar-refractivity contribution in [3.63, 3.8) is 0 Å². The molecular weight excluding hydrogens is 685 g/mol. The van der Waals surface area contributed by atoms with E-state index in [9.17, 15) is 0 Å². The average Bonchev–Trinajstić information content (AvgIpc) is 3.86. The molecule has 0 N–H and O–H groups in total. The molecule has 0 atom stereocenters. The first-order valence-electron chi connectivity index (χ1n) is 20.1. The molecule has 0 saturated carbocycles. The summed E-state index contributed by atoms with van der Waals surface area (Å²) in [5, 5.41) is 7.77. The van der Waals surface area contributed by atoms with Crippen LogP contribution >= 0.6 is 0 Å². The van der Waals surface area contributed by atoms with E-state index in [2.05, 4.69) is 208 Å². The zero-order valence-electron chi connectivity index (χ0n) is 32.0. The molecule has 3 aliphatic rings. The van der Waals surface area contributed by atoms with Crippen LogP contribution in [0, 0.1) is 0 Å². The summed E-state index contributed by atoms with van der Waals surface area (Å²) in [5.74, 6) is 0. The molecule has 0 heterocycles. The minimum absolute atomic E-state index is 0.0700. The van der Waals surface area contributed by atoms with Crippen molar-refractivity contribution in [3.8, 4) is 11.1 Å². The molecule has 0 amide bonds. The Morgan fingerprint density at radius 1 is 0.246 bits per heavy atom. The number of allylic oxidation sites excluding steroid dienone is 5. The third-order valence-corrected chi connectivity index (χ3v) is 13.0. The number of benzene rings is 9. The van der Waals surface area contributed by atoms with Gasteiger partial charge in [-0.1, -0.05) is 190 Å². The summed E-state index contributed by atoms with van der Waals surface area (Å²) in [7, 11) is 0. The highest BCUT2D eigenvalue weighted by Crippen LogP contribution is 2.63. The molecular formula is C57H38. The van der Waals surface area contributed by atoms with Gasteiger partial charge in [0.25, 0.3) is 0 Å². The van der Waals surface area contributed by atoms with Gasteiger partial charge < -0.3 is 0 Å². The highest BCUT2D eigenvalue weighted by molar-refractivity contribution is 6.40. The lowest BCUT2D eigenvalue weighted by Crippen LogP contribution is -2.14. The summed E-state index contributed by atoms with van der Waals surface area (Å²) >= 11 is 0. The fourth-order valence-corrected chi connectivity index (χ4v) is 10.5. The Bertz CT molecular complexity index is 3260. The molecule has 57 heavy (non-hydrogen) atoms. The topological polar surface area (TPSA) is 0 Å². The Balaban J connectivity index is 1.28. The molecule has 0 aliphatic heterocycles. The first-order chi connectivity index (χ1) is 28.1. The summed E-state index contributed by atoms with van der Waals surface area (Å²) in [6, 6.07) is 72.6. The predicted molar refractivity (Wildman–Crippen MR) is 242 cm³/mol. The number of fused-ring (bicyclic) bond motifs is 12. The molecule has 266 valence electrons. The van der Waals surface area contributed by atoms with Gasteiger partial charge in [-0.2, -0.15) is 0 Å². The van der Waals surface area contributed by atoms with Crippen LogP contribution in [0.1, 0.15) is 58.4 Å². The van der Waals surface area contributed by atoms with Crippen molar-refractivity contribution < 1.29 is 0 Å². The van der Waals surface area contributed by atoms with Crippen LogP contribution in [0.25, 0.3) is 71.3 Å². The Morgan fingerprint density at radius 3 is 1.21 bits per heavy atom. The van der Waals surface area contributed by atoms with Gasteiger partial charge in [0.15, 0.2) is 0 Å². The average molecular weight is 723 g/mol. The van der Waals surface area contributed by atoms with Crippen molar-refractivity contribution in [2.45, 2.75) is 19.3 Å². The quantitative estimate of drug-likeness (QED) is 0.159. The molecule has 0 radical (unpaired) electrons. The van der Waals surface area contributed by atoms with Crippen LogP contribution < -0.4 is 0 Å². The van der Waals surface area contributed by atoms with Crippen molar-refractivity contribution in [2.75, 3.05) is 0 Å². The Morgan fingerprint density at radius 2 is 0.649 bits per heavy atom. The Labute approximate surface area is 333 Å². The van der Waals surface area contributed by atoms with Crippen molar-refractivity contribution in [1.82, 2.24) is 0 Å². The molecule has 0 bridgehead atoms. The zero-order valence-corrected chi connectivity index (χ0v) is 32.0. The second kappa shape index (κ2) is 12.0. The highest BCUT2D eigenvalue weighted by atomic mass is 14.4. The first-order valence-corrected chi connectivity index (χ1v) is 20.1. The summed E-state index contributed by atoms with van der Waals surface area (Å²) < 4.78 is 0. The minimum Gasteiger partial charge on any atom is -0.0622 e. The fraction of sp³-hybridized carbons (Fsp3) is 0.0526. The smallest absolute Gasteiger partial charge is 0.0158 e. The summed E-state index contributed by atoms with van der Waals surface area (Å²) in [6.45, 7) is 4.74. The van der Waals surface area contributed by atoms with Crippen molar-refractivity contribution in [2.24, 2.45) is 0 Å². The predicted octanol–water partition coefficient (Wildman–Crippen LogP) is 14.8. The minimum atomic E-state index is -0.0700. The number of rotatable bonds is 4. The van der Waals surface area contributed by atoms with Gasteiger partial charge in [-0.25, -0.2) is 0 Å². The van der Waals surface area contributed by atoms with Gasteiger partial charge in [-0.3, -0.25) is 0 Å². The van der Waals surface area contributed by atoms with Crippen LogP contribution in [-0.2, 0) is 5.41 Å². The lowest BCUT2D eigenvalue weighted by molar-refractivity contribution is 0.660. The normalized spacial score (nSPS) is 15.1. The van der Waals surface area contributed by atoms with Crippen LogP contribution in [0.15, 0.2) is 200 Å². The second-order valence-electron chi connectivity index (χ2n) is 16.3. The van der Waals surface area contributed by atoms with Crippen LogP contribution in [0.5, 0.6) is 0 Å². The van der Waals surface area contributed by atoms with Gasteiger partial charge >= 0.3 is 0 Å². The molecule has 9 aromatic rings. The third-order valence-electron chi connectivity index (χ3n) is 13.0. The van der Waals surface area contributed by atoms with Gasteiger partial charge in [0.05, 0.1) is 0 Å². The molecule has 12 rings (SSSR count). The molecule has 9 aromatic carbocycles. The van der Waals surface area contributed by atoms with Crippen LogP contribution in [0.3, 0.4) is 0 Å².